The first-order valence-corrected chi connectivity index (χ1v) is 8.92. The van der Waals surface area contributed by atoms with Crippen LogP contribution in [0.1, 0.15) is 5.56 Å². The van der Waals surface area contributed by atoms with Crippen molar-refractivity contribution in [2.45, 2.75) is 0 Å². The Bertz CT molecular complexity index is 1020. The maximum absolute atomic E-state index is 13.9. The lowest BCUT2D eigenvalue weighted by Gasteiger charge is -2.04. The van der Waals surface area contributed by atoms with Gasteiger partial charge in [0, 0.05) is 16.0 Å². The van der Waals surface area contributed by atoms with E-state index in [4.69, 9.17) is 11.6 Å². The van der Waals surface area contributed by atoms with Gasteiger partial charge < -0.3 is 0 Å². The zero-order valence-electron chi connectivity index (χ0n) is 13.6. The first kappa shape index (κ1) is 18.2. The average Bonchev–Trinajstić information content (AvgIpc) is 3.02. The zero-order valence-corrected chi connectivity index (χ0v) is 15.1. The topological polar surface area (TPSA) is 29.6 Å². The van der Waals surface area contributed by atoms with Crippen LogP contribution in [0.2, 0.25) is 5.02 Å². The van der Waals surface area contributed by atoms with E-state index in [1.54, 1.807) is 18.2 Å². The second-order valence-corrected chi connectivity index (χ2v) is 6.51. The third-order valence-corrected chi connectivity index (χ3v) is 4.55. The van der Waals surface area contributed by atoms with Crippen LogP contribution in [0.4, 0.5) is 8.78 Å². The molecule has 3 rings (SSSR count). The summed E-state index contributed by atoms with van der Waals surface area (Å²) in [6.07, 6.45) is 2.81. The van der Waals surface area contributed by atoms with E-state index in [1.807, 2.05) is 17.5 Å². The molecule has 0 aliphatic rings. The lowest BCUT2D eigenvalue weighted by atomic mass is 10.2. The fraction of sp³-hybridized carbons (Fsp3) is 0.0526. The summed E-state index contributed by atoms with van der Waals surface area (Å²) < 4.78 is 29.3. The summed E-state index contributed by atoms with van der Waals surface area (Å²) >= 11 is 7.44. The number of thiazole rings is 1. The maximum Gasteiger partial charge on any atom is 0.206 e. The van der Waals surface area contributed by atoms with E-state index < -0.39 is 11.6 Å². The summed E-state index contributed by atoms with van der Waals surface area (Å²) in [5.74, 6) is -1.36. The fourth-order valence-corrected chi connectivity index (χ4v) is 3.30. The van der Waals surface area contributed by atoms with E-state index in [1.165, 1.54) is 34.2 Å². The van der Waals surface area contributed by atoms with Gasteiger partial charge in [0.25, 0.3) is 0 Å². The zero-order chi connectivity index (χ0) is 18.5. The predicted molar refractivity (Wildman–Crippen MR) is 103 cm³/mol. The van der Waals surface area contributed by atoms with Crippen molar-refractivity contribution < 1.29 is 8.78 Å². The minimum absolute atomic E-state index is 0.210. The van der Waals surface area contributed by atoms with E-state index in [9.17, 15) is 8.78 Å². The summed E-state index contributed by atoms with van der Waals surface area (Å²) in [7, 11) is 0. The standard InChI is InChI=1S/C19H14ClF2N3S/c1-2-9-23-19-25(24-11-15-16(21)7-4-8-17(15)22)18(12-26-19)13-5-3-6-14(20)10-13/h2-8,10-12H,1,9H2. The largest absolute Gasteiger partial charge is 0.253 e. The van der Waals surface area contributed by atoms with Crippen LogP contribution in [-0.4, -0.2) is 17.4 Å². The molecule has 2 aromatic carbocycles. The van der Waals surface area contributed by atoms with Gasteiger partial charge in [-0.25, -0.2) is 13.5 Å². The van der Waals surface area contributed by atoms with Gasteiger partial charge in [-0.2, -0.15) is 5.10 Å². The van der Waals surface area contributed by atoms with E-state index >= 15 is 0 Å². The van der Waals surface area contributed by atoms with Gasteiger partial charge >= 0.3 is 0 Å². The second-order valence-electron chi connectivity index (χ2n) is 5.23. The second kappa shape index (κ2) is 8.21. The molecule has 0 bridgehead atoms. The van der Waals surface area contributed by atoms with Crippen molar-refractivity contribution in [3.8, 4) is 11.3 Å². The van der Waals surface area contributed by atoms with Gasteiger partial charge in [-0.05, 0) is 24.3 Å². The summed E-state index contributed by atoms with van der Waals surface area (Å²) in [6, 6.07) is 10.9. The lowest BCUT2D eigenvalue weighted by Crippen LogP contribution is -2.13. The molecule has 132 valence electrons. The highest BCUT2D eigenvalue weighted by molar-refractivity contribution is 7.07. The molecule has 0 N–H and O–H groups in total. The maximum atomic E-state index is 13.9. The van der Waals surface area contributed by atoms with E-state index in [2.05, 4.69) is 16.7 Å². The van der Waals surface area contributed by atoms with Crippen molar-refractivity contribution in [1.82, 2.24) is 4.68 Å². The number of rotatable bonds is 5. The molecule has 0 fully saturated rings. The van der Waals surface area contributed by atoms with Crippen molar-refractivity contribution in [2.24, 2.45) is 10.1 Å². The molecule has 0 saturated heterocycles. The Kier molecular flexibility index (Phi) is 5.75. The number of aromatic nitrogens is 1. The highest BCUT2D eigenvalue weighted by Gasteiger charge is 2.09. The van der Waals surface area contributed by atoms with Gasteiger partial charge in [0.15, 0.2) is 0 Å². The summed E-state index contributed by atoms with van der Waals surface area (Å²) in [4.78, 5) is 4.96. The monoisotopic (exact) mass is 389 g/mol. The van der Waals surface area contributed by atoms with Crippen molar-refractivity contribution in [3.63, 3.8) is 0 Å². The third kappa shape index (κ3) is 3.98. The van der Waals surface area contributed by atoms with Gasteiger partial charge in [0.2, 0.25) is 4.80 Å². The van der Waals surface area contributed by atoms with Crippen LogP contribution in [0.15, 0.2) is 70.6 Å². The molecule has 7 heteroatoms. The van der Waals surface area contributed by atoms with Crippen LogP contribution in [0, 0.1) is 11.6 Å². The Hall–Kier alpha value is -2.57. The first-order chi connectivity index (χ1) is 12.6. The molecule has 0 aliphatic heterocycles. The van der Waals surface area contributed by atoms with Crippen LogP contribution in [0.25, 0.3) is 11.3 Å². The molecule has 0 aliphatic carbocycles. The van der Waals surface area contributed by atoms with Crippen LogP contribution >= 0.6 is 22.9 Å². The molecular formula is C19H14ClF2N3S. The number of hydrogen-bond donors (Lipinski definition) is 0. The molecular weight excluding hydrogens is 376 g/mol. The van der Waals surface area contributed by atoms with E-state index in [-0.39, 0.29) is 5.56 Å². The molecule has 0 amide bonds. The molecule has 3 aromatic rings. The van der Waals surface area contributed by atoms with Gasteiger partial charge in [-0.3, -0.25) is 4.99 Å². The molecule has 26 heavy (non-hydrogen) atoms. The number of hydrogen-bond acceptors (Lipinski definition) is 3. The Balaban J connectivity index is 2.13. The average molecular weight is 390 g/mol. The molecule has 1 heterocycles. The lowest BCUT2D eigenvalue weighted by molar-refractivity contribution is 0.579. The minimum atomic E-state index is -0.682. The Labute approximate surface area is 158 Å². The summed E-state index contributed by atoms with van der Waals surface area (Å²) in [6.45, 7) is 4.05. The van der Waals surface area contributed by atoms with E-state index in [0.29, 0.717) is 22.1 Å². The first-order valence-electron chi connectivity index (χ1n) is 7.66. The Morgan fingerprint density at radius 3 is 2.58 bits per heavy atom. The Morgan fingerprint density at radius 2 is 1.88 bits per heavy atom. The van der Waals surface area contributed by atoms with Gasteiger partial charge in [0.1, 0.15) is 11.6 Å². The number of benzene rings is 2. The van der Waals surface area contributed by atoms with Crippen molar-refractivity contribution in [2.75, 3.05) is 6.54 Å². The smallest absolute Gasteiger partial charge is 0.206 e. The number of nitrogens with zero attached hydrogens (tertiary/aromatic N) is 3. The predicted octanol–water partition coefficient (Wildman–Crippen LogP) is 5.12. The van der Waals surface area contributed by atoms with Gasteiger partial charge in [-0.1, -0.05) is 35.9 Å². The van der Waals surface area contributed by atoms with E-state index in [0.717, 1.165) is 11.8 Å². The molecule has 0 radical (unpaired) electrons. The molecule has 1 aromatic heterocycles. The normalized spacial score (nSPS) is 12.0. The van der Waals surface area contributed by atoms with Crippen molar-refractivity contribution >= 4 is 29.2 Å². The molecule has 0 atom stereocenters. The minimum Gasteiger partial charge on any atom is -0.253 e. The Morgan fingerprint density at radius 1 is 1.15 bits per heavy atom. The molecule has 0 saturated carbocycles. The van der Waals surface area contributed by atoms with Gasteiger partial charge in [0.05, 0.1) is 24.0 Å². The number of halogens is 3. The quantitative estimate of drug-likeness (QED) is 0.428. The van der Waals surface area contributed by atoms with Crippen LogP contribution in [0.3, 0.4) is 0 Å². The van der Waals surface area contributed by atoms with Crippen LogP contribution in [0.5, 0.6) is 0 Å². The summed E-state index contributed by atoms with van der Waals surface area (Å²) in [5.41, 5.74) is 1.33. The van der Waals surface area contributed by atoms with Crippen LogP contribution in [-0.2, 0) is 0 Å². The summed E-state index contributed by atoms with van der Waals surface area (Å²) in [5, 5.41) is 6.71. The molecule has 3 nitrogen and oxygen atoms in total. The van der Waals surface area contributed by atoms with Crippen molar-refractivity contribution in [3.05, 3.63) is 87.5 Å². The van der Waals surface area contributed by atoms with Crippen molar-refractivity contribution in [1.29, 1.82) is 0 Å². The van der Waals surface area contributed by atoms with Gasteiger partial charge in [-0.15, -0.1) is 17.9 Å². The molecule has 0 spiro atoms. The molecule has 0 unspecified atom stereocenters. The fourth-order valence-electron chi connectivity index (χ4n) is 2.26. The SMILES string of the molecule is C=CCN=c1scc(-c2cccc(Cl)c2)n1N=Cc1c(F)cccc1F. The highest BCUT2D eigenvalue weighted by Crippen LogP contribution is 2.23. The van der Waals surface area contributed by atoms with Crippen LogP contribution < -0.4 is 4.80 Å². The third-order valence-electron chi connectivity index (χ3n) is 3.46. The highest BCUT2D eigenvalue weighted by atomic mass is 35.5.